The number of nitrogens with one attached hydrogen (secondary N) is 1. The number of nitro groups is 1. The zero-order valence-corrected chi connectivity index (χ0v) is 9.33. The number of hydrogen-bond acceptors (Lipinski definition) is 7. The Bertz CT molecular complexity index is 591. The zero-order valence-electron chi connectivity index (χ0n) is 9.33. The Morgan fingerprint density at radius 1 is 1.44 bits per heavy atom. The van der Waals surface area contributed by atoms with Crippen LogP contribution in [0.2, 0.25) is 0 Å². The number of rotatable bonds is 3. The summed E-state index contributed by atoms with van der Waals surface area (Å²) in [7, 11) is 0. The Balaban J connectivity index is 2.00. The lowest BCUT2D eigenvalue weighted by atomic mass is 10.2. The van der Waals surface area contributed by atoms with Crippen molar-refractivity contribution in [3.63, 3.8) is 0 Å². The summed E-state index contributed by atoms with van der Waals surface area (Å²) in [6.45, 7) is 1.65. The van der Waals surface area contributed by atoms with Crippen molar-refractivity contribution in [1.82, 2.24) is 15.6 Å². The van der Waals surface area contributed by atoms with Crippen molar-refractivity contribution in [1.29, 1.82) is 0 Å². The highest BCUT2D eigenvalue weighted by molar-refractivity contribution is 5.88. The van der Waals surface area contributed by atoms with Gasteiger partial charge in [0.25, 0.3) is 0 Å². The second-order valence-electron chi connectivity index (χ2n) is 4.03. The van der Waals surface area contributed by atoms with Gasteiger partial charge in [0.05, 0.1) is 4.92 Å². The van der Waals surface area contributed by atoms with Gasteiger partial charge in [-0.25, -0.2) is 4.63 Å². The number of ether oxygens (including phenoxy) is 1. The minimum atomic E-state index is -0.520. The molecule has 8 heteroatoms. The topological polar surface area (TPSA) is 103 Å². The third-order valence-electron chi connectivity index (χ3n) is 2.86. The van der Waals surface area contributed by atoms with Crippen LogP contribution in [0.1, 0.15) is 6.42 Å². The van der Waals surface area contributed by atoms with Crippen LogP contribution in [0.3, 0.4) is 0 Å². The predicted octanol–water partition coefficient (Wildman–Crippen LogP) is 0.872. The average Bonchev–Trinajstić information content (AvgIpc) is 2.98. The largest absolute Gasteiger partial charge is 0.487 e. The van der Waals surface area contributed by atoms with Gasteiger partial charge in [-0.2, -0.15) is 0 Å². The molecule has 1 saturated heterocycles. The summed E-state index contributed by atoms with van der Waals surface area (Å²) in [6.07, 6.45) is 0.940. The first-order valence-electron chi connectivity index (χ1n) is 5.53. The molecular formula is C10H10N4O4. The van der Waals surface area contributed by atoms with E-state index in [2.05, 4.69) is 20.3 Å². The van der Waals surface area contributed by atoms with E-state index >= 15 is 0 Å². The lowest BCUT2D eigenvalue weighted by molar-refractivity contribution is -0.383. The third kappa shape index (κ3) is 1.76. The Hall–Kier alpha value is -2.22. The number of nitrogens with zero attached hydrogens (tertiary/aromatic N) is 3. The standard InChI is InChI=1S/C10H10N4O4/c15-14(16)7-1-2-8(10-9(7)12-18-13-10)17-6-3-4-11-5-6/h1-2,6,11H,3-5H2. The van der Waals surface area contributed by atoms with Crippen LogP contribution < -0.4 is 10.1 Å². The number of fused-ring (bicyclic) bond motifs is 1. The molecule has 94 valence electrons. The highest BCUT2D eigenvalue weighted by Gasteiger charge is 2.23. The van der Waals surface area contributed by atoms with E-state index in [4.69, 9.17) is 4.74 Å². The van der Waals surface area contributed by atoms with Crippen LogP contribution in [0.15, 0.2) is 16.8 Å². The predicted molar refractivity (Wildman–Crippen MR) is 60.4 cm³/mol. The van der Waals surface area contributed by atoms with Crippen molar-refractivity contribution in [2.24, 2.45) is 0 Å². The molecule has 1 aromatic heterocycles. The Morgan fingerprint density at radius 3 is 3.00 bits per heavy atom. The summed E-state index contributed by atoms with van der Waals surface area (Å²) < 4.78 is 10.3. The second kappa shape index (κ2) is 4.22. The van der Waals surface area contributed by atoms with Gasteiger partial charge in [-0.3, -0.25) is 10.1 Å². The van der Waals surface area contributed by atoms with Gasteiger partial charge in [0.15, 0.2) is 11.3 Å². The summed E-state index contributed by atoms with van der Waals surface area (Å²) in [5, 5.41) is 21.2. The summed E-state index contributed by atoms with van der Waals surface area (Å²) >= 11 is 0. The van der Waals surface area contributed by atoms with Crippen LogP contribution in [-0.4, -0.2) is 34.4 Å². The lowest BCUT2D eigenvalue weighted by Crippen LogP contribution is -2.19. The van der Waals surface area contributed by atoms with Crippen LogP contribution in [0.25, 0.3) is 11.0 Å². The Morgan fingerprint density at radius 2 is 2.28 bits per heavy atom. The molecule has 0 radical (unpaired) electrons. The molecule has 18 heavy (non-hydrogen) atoms. The van der Waals surface area contributed by atoms with Crippen LogP contribution in [0.4, 0.5) is 5.69 Å². The first-order valence-corrected chi connectivity index (χ1v) is 5.53. The fourth-order valence-electron chi connectivity index (χ4n) is 1.98. The van der Waals surface area contributed by atoms with E-state index in [0.29, 0.717) is 5.75 Å². The maximum absolute atomic E-state index is 10.8. The van der Waals surface area contributed by atoms with Crippen LogP contribution >= 0.6 is 0 Å². The molecule has 1 unspecified atom stereocenters. The molecule has 0 aliphatic carbocycles. The van der Waals surface area contributed by atoms with Gasteiger partial charge in [-0.15, -0.1) is 0 Å². The smallest absolute Gasteiger partial charge is 0.301 e. The molecule has 1 atom stereocenters. The van der Waals surface area contributed by atoms with Crippen molar-refractivity contribution >= 4 is 16.7 Å². The Labute approximate surface area is 101 Å². The minimum absolute atomic E-state index is 0.0476. The van der Waals surface area contributed by atoms with E-state index in [-0.39, 0.29) is 22.8 Å². The van der Waals surface area contributed by atoms with E-state index in [9.17, 15) is 10.1 Å². The second-order valence-corrected chi connectivity index (χ2v) is 4.03. The van der Waals surface area contributed by atoms with Crippen molar-refractivity contribution in [2.75, 3.05) is 13.1 Å². The molecule has 2 aromatic rings. The average molecular weight is 250 g/mol. The van der Waals surface area contributed by atoms with Crippen LogP contribution in [-0.2, 0) is 0 Å². The molecular weight excluding hydrogens is 240 g/mol. The van der Waals surface area contributed by atoms with Crippen LogP contribution in [0.5, 0.6) is 5.75 Å². The molecule has 1 fully saturated rings. The summed E-state index contributed by atoms with van der Waals surface area (Å²) in [6, 6.07) is 2.88. The first-order chi connectivity index (χ1) is 8.75. The monoisotopic (exact) mass is 250 g/mol. The molecule has 0 saturated carbocycles. The van der Waals surface area contributed by atoms with Gasteiger partial charge in [0.2, 0.25) is 5.52 Å². The van der Waals surface area contributed by atoms with Gasteiger partial charge >= 0.3 is 5.69 Å². The summed E-state index contributed by atoms with van der Waals surface area (Å²) in [4.78, 5) is 10.3. The minimum Gasteiger partial charge on any atom is -0.487 e. The number of benzene rings is 1. The fourth-order valence-corrected chi connectivity index (χ4v) is 1.98. The van der Waals surface area contributed by atoms with Gasteiger partial charge in [0.1, 0.15) is 6.10 Å². The SMILES string of the molecule is O=[N+]([O-])c1ccc(OC2CCNC2)c2nonc12. The highest BCUT2D eigenvalue weighted by Crippen LogP contribution is 2.31. The molecule has 2 heterocycles. The number of aromatic nitrogens is 2. The maximum Gasteiger partial charge on any atom is 0.301 e. The van der Waals surface area contributed by atoms with Gasteiger partial charge in [-0.1, -0.05) is 0 Å². The van der Waals surface area contributed by atoms with E-state index in [1.54, 1.807) is 0 Å². The summed E-state index contributed by atoms with van der Waals surface area (Å²) in [5.74, 6) is 0.463. The molecule has 1 aliphatic rings. The molecule has 3 rings (SSSR count). The van der Waals surface area contributed by atoms with Gasteiger partial charge in [0, 0.05) is 12.6 Å². The third-order valence-corrected chi connectivity index (χ3v) is 2.86. The van der Waals surface area contributed by atoms with Crippen LogP contribution in [0, 0.1) is 10.1 Å². The first kappa shape index (κ1) is 10.9. The zero-order chi connectivity index (χ0) is 12.5. The van der Waals surface area contributed by atoms with E-state index < -0.39 is 4.92 Å². The number of nitro benzene ring substituents is 1. The quantitative estimate of drug-likeness (QED) is 0.636. The normalized spacial score (nSPS) is 19.2. The molecule has 1 aromatic carbocycles. The molecule has 0 amide bonds. The van der Waals surface area contributed by atoms with Gasteiger partial charge < -0.3 is 10.1 Å². The molecule has 1 aliphatic heterocycles. The number of hydrogen-bond donors (Lipinski definition) is 1. The van der Waals surface area contributed by atoms with Gasteiger partial charge in [-0.05, 0) is 29.3 Å². The fraction of sp³-hybridized carbons (Fsp3) is 0.400. The van der Waals surface area contributed by atoms with Crippen molar-refractivity contribution in [3.05, 3.63) is 22.2 Å². The van der Waals surface area contributed by atoms with Crippen molar-refractivity contribution in [3.8, 4) is 5.75 Å². The van der Waals surface area contributed by atoms with Crippen molar-refractivity contribution in [2.45, 2.75) is 12.5 Å². The molecule has 8 nitrogen and oxygen atoms in total. The van der Waals surface area contributed by atoms with Crippen molar-refractivity contribution < 1.29 is 14.3 Å². The molecule has 1 N–H and O–H groups in total. The maximum atomic E-state index is 10.8. The van der Waals surface area contributed by atoms with E-state index in [1.165, 1.54) is 12.1 Å². The lowest BCUT2D eigenvalue weighted by Gasteiger charge is -2.11. The number of non-ortho nitro benzene ring substituents is 1. The van der Waals surface area contributed by atoms with E-state index in [0.717, 1.165) is 19.5 Å². The van der Waals surface area contributed by atoms with E-state index in [1.807, 2.05) is 0 Å². The molecule has 0 spiro atoms. The Kier molecular flexibility index (Phi) is 2.56. The highest BCUT2D eigenvalue weighted by atomic mass is 16.6. The summed E-state index contributed by atoms with van der Waals surface area (Å²) in [5.41, 5.74) is 0.266. The molecule has 0 bridgehead atoms.